The lowest BCUT2D eigenvalue weighted by Crippen LogP contribution is -2.14. The number of aromatic amines is 1. The Kier molecular flexibility index (Phi) is 3.20. The third kappa shape index (κ3) is 2.28. The second kappa shape index (κ2) is 4.80. The van der Waals surface area contributed by atoms with Gasteiger partial charge in [-0.05, 0) is 6.07 Å². The molecule has 0 saturated carbocycles. The summed E-state index contributed by atoms with van der Waals surface area (Å²) in [7, 11) is 0. The molecule has 0 aromatic carbocycles. The van der Waals surface area contributed by atoms with Crippen LogP contribution in [0, 0.1) is 10.1 Å². The average molecular weight is 268 g/mol. The van der Waals surface area contributed by atoms with Crippen LogP contribution in [-0.4, -0.2) is 26.0 Å². The van der Waals surface area contributed by atoms with Gasteiger partial charge in [0, 0.05) is 12.4 Å². The summed E-state index contributed by atoms with van der Waals surface area (Å²) in [6, 6.07) is 1.22. The molecule has 0 bridgehead atoms. The molecule has 8 nitrogen and oxygen atoms in total. The van der Waals surface area contributed by atoms with Gasteiger partial charge in [-0.25, -0.2) is 4.98 Å². The summed E-state index contributed by atoms with van der Waals surface area (Å²) < 4.78 is 0. The van der Waals surface area contributed by atoms with E-state index in [2.05, 4.69) is 20.5 Å². The normalized spacial score (nSPS) is 10.1. The number of H-pyrrole nitrogens is 1. The number of carbonyl (C=O) groups is 1. The van der Waals surface area contributed by atoms with Gasteiger partial charge in [0.15, 0.2) is 0 Å². The van der Waals surface area contributed by atoms with Gasteiger partial charge >= 0.3 is 5.69 Å². The fourth-order valence-electron chi connectivity index (χ4n) is 1.30. The van der Waals surface area contributed by atoms with Gasteiger partial charge in [-0.2, -0.15) is 5.10 Å². The fraction of sp³-hybridized carbons (Fsp3) is 0. The summed E-state index contributed by atoms with van der Waals surface area (Å²) in [6.45, 7) is 0. The monoisotopic (exact) mass is 267 g/mol. The minimum atomic E-state index is -0.750. The van der Waals surface area contributed by atoms with Crippen LogP contribution in [0.25, 0.3) is 0 Å². The van der Waals surface area contributed by atoms with E-state index in [0.717, 1.165) is 0 Å². The minimum absolute atomic E-state index is 0.166. The van der Waals surface area contributed by atoms with Crippen molar-refractivity contribution in [1.29, 1.82) is 0 Å². The molecule has 0 spiro atoms. The van der Waals surface area contributed by atoms with Crippen LogP contribution in [0.1, 0.15) is 10.4 Å². The second-order valence-corrected chi connectivity index (χ2v) is 3.55. The number of rotatable bonds is 3. The molecule has 92 valence electrons. The van der Waals surface area contributed by atoms with Crippen LogP contribution in [-0.2, 0) is 0 Å². The molecule has 0 fully saturated rings. The van der Waals surface area contributed by atoms with Crippen LogP contribution in [0.4, 0.5) is 11.4 Å². The zero-order chi connectivity index (χ0) is 13.1. The van der Waals surface area contributed by atoms with Crippen LogP contribution < -0.4 is 5.32 Å². The molecule has 2 heterocycles. The van der Waals surface area contributed by atoms with E-state index in [0.29, 0.717) is 5.69 Å². The Hall–Kier alpha value is -2.48. The van der Waals surface area contributed by atoms with E-state index in [1.54, 1.807) is 0 Å². The molecule has 0 aliphatic heterocycles. The Morgan fingerprint density at radius 3 is 2.94 bits per heavy atom. The lowest BCUT2D eigenvalue weighted by atomic mass is 10.2. The molecule has 2 aromatic heterocycles. The number of nitrogens with one attached hydrogen (secondary N) is 2. The van der Waals surface area contributed by atoms with Crippen molar-refractivity contribution in [2.45, 2.75) is 0 Å². The van der Waals surface area contributed by atoms with E-state index in [9.17, 15) is 14.9 Å². The highest BCUT2D eigenvalue weighted by molar-refractivity contribution is 6.32. The highest BCUT2D eigenvalue weighted by Gasteiger charge is 2.24. The fourth-order valence-corrected chi connectivity index (χ4v) is 1.53. The van der Waals surface area contributed by atoms with Crippen LogP contribution in [0.5, 0.6) is 0 Å². The summed E-state index contributed by atoms with van der Waals surface area (Å²) in [6.07, 6.45) is 4.03. The Balaban J connectivity index is 2.36. The van der Waals surface area contributed by atoms with E-state index in [1.807, 2.05) is 0 Å². The van der Waals surface area contributed by atoms with Gasteiger partial charge in [-0.1, -0.05) is 11.6 Å². The minimum Gasteiger partial charge on any atom is -0.319 e. The molecule has 0 radical (unpaired) electrons. The molecule has 18 heavy (non-hydrogen) atoms. The van der Waals surface area contributed by atoms with Gasteiger partial charge in [-0.3, -0.25) is 20.0 Å². The van der Waals surface area contributed by atoms with Crippen LogP contribution >= 0.6 is 11.6 Å². The number of nitro groups is 1. The number of hydrogen-bond acceptors (Lipinski definition) is 5. The van der Waals surface area contributed by atoms with Gasteiger partial charge in [0.05, 0.1) is 16.8 Å². The lowest BCUT2D eigenvalue weighted by Gasteiger charge is -2.03. The maximum Gasteiger partial charge on any atom is 0.319 e. The van der Waals surface area contributed by atoms with Crippen molar-refractivity contribution in [3.63, 3.8) is 0 Å². The maximum atomic E-state index is 11.8. The maximum absolute atomic E-state index is 11.8. The Morgan fingerprint density at radius 2 is 2.33 bits per heavy atom. The number of pyridine rings is 1. The smallest absolute Gasteiger partial charge is 0.319 e. The summed E-state index contributed by atoms with van der Waals surface area (Å²) in [5.74, 6) is -0.660. The van der Waals surface area contributed by atoms with E-state index in [4.69, 9.17) is 11.6 Å². The van der Waals surface area contributed by atoms with Crippen molar-refractivity contribution in [3.05, 3.63) is 45.5 Å². The van der Waals surface area contributed by atoms with Gasteiger partial charge in [-0.15, -0.1) is 0 Å². The molecule has 0 aliphatic carbocycles. The first kappa shape index (κ1) is 12.0. The van der Waals surface area contributed by atoms with Crippen molar-refractivity contribution >= 4 is 28.9 Å². The number of nitrogens with zero attached hydrogens (tertiary/aromatic N) is 3. The van der Waals surface area contributed by atoms with E-state index >= 15 is 0 Å². The van der Waals surface area contributed by atoms with Gasteiger partial charge in [0.2, 0.25) is 5.15 Å². The molecule has 2 rings (SSSR count). The SMILES string of the molecule is O=C(Nc1cn[nH]c1)c1ccnc(Cl)c1[N+](=O)[O-]. The highest BCUT2D eigenvalue weighted by atomic mass is 35.5. The first-order valence-electron chi connectivity index (χ1n) is 4.68. The third-order valence-electron chi connectivity index (χ3n) is 2.06. The second-order valence-electron chi connectivity index (χ2n) is 3.20. The molecular weight excluding hydrogens is 262 g/mol. The Bertz CT molecular complexity index is 598. The van der Waals surface area contributed by atoms with Gasteiger partial charge in [0.25, 0.3) is 5.91 Å². The number of amides is 1. The van der Waals surface area contributed by atoms with Crippen molar-refractivity contribution in [2.75, 3.05) is 5.32 Å². The largest absolute Gasteiger partial charge is 0.319 e. The summed E-state index contributed by atoms with van der Waals surface area (Å²) in [4.78, 5) is 25.5. The molecule has 9 heteroatoms. The number of halogens is 1. The molecule has 0 unspecified atom stereocenters. The van der Waals surface area contributed by atoms with Crippen molar-refractivity contribution < 1.29 is 9.72 Å². The predicted molar refractivity (Wildman–Crippen MR) is 62.4 cm³/mol. The predicted octanol–water partition coefficient (Wildman–Crippen LogP) is 1.62. The van der Waals surface area contributed by atoms with E-state index in [-0.39, 0.29) is 10.7 Å². The van der Waals surface area contributed by atoms with Crippen molar-refractivity contribution in [1.82, 2.24) is 15.2 Å². The number of aromatic nitrogens is 3. The van der Waals surface area contributed by atoms with Crippen molar-refractivity contribution in [3.8, 4) is 0 Å². The number of carbonyl (C=O) groups excluding carboxylic acids is 1. The topological polar surface area (TPSA) is 114 Å². The third-order valence-corrected chi connectivity index (χ3v) is 2.34. The summed E-state index contributed by atoms with van der Waals surface area (Å²) >= 11 is 5.60. The molecule has 2 aromatic rings. The summed E-state index contributed by atoms with van der Waals surface area (Å²) in [5, 5.41) is 19.1. The highest BCUT2D eigenvalue weighted by Crippen LogP contribution is 2.26. The van der Waals surface area contributed by atoms with E-state index in [1.165, 1.54) is 24.7 Å². The molecule has 0 saturated heterocycles. The van der Waals surface area contributed by atoms with E-state index < -0.39 is 16.5 Å². The quantitative estimate of drug-likeness (QED) is 0.498. The van der Waals surface area contributed by atoms with Crippen LogP contribution in [0.3, 0.4) is 0 Å². The standard InChI is InChI=1S/C9H6ClN5O3/c10-8-7(15(17)18)6(1-2-11-8)9(16)14-5-3-12-13-4-5/h1-4H,(H,12,13)(H,14,16). The average Bonchev–Trinajstić information content (AvgIpc) is 2.80. The number of hydrogen-bond donors (Lipinski definition) is 2. The molecule has 0 aliphatic rings. The first-order valence-corrected chi connectivity index (χ1v) is 5.06. The molecule has 1 amide bonds. The first-order chi connectivity index (χ1) is 8.59. The zero-order valence-corrected chi connectivity index (χ0v) is 9.51. The van der Waals surface area contributed by atoms with Gasteiger partial charge < -0.3 is 5.32 Å². The molecular formula is C9H6ClN5O3. The lowest BCUT2D eigenvalue weighted by molar-refractivity contribution is -0.385. The Morgan fingerprint density at radius 1 is 1.56 bits per heavy atom. The summed E-state index contributed by atoms with van der Waals surface area (Å²) in [5.41, 5.74) is -0.302. The Labute approximate surface area is 105 Å². The van der Waals surface area contributed by atoms with Gasteiger partial charge in [0.1, 0.15) is 5.56 Å². The van der Waals surface area contributed by atoms with Crippen molar-refractivity contribution in [2.24, 2.45) is 0 Å². The zero-order valence-electron chi connectivity index (χ0n) is 8.75. The van der Waals surface area contributed by atoms with Crippen LogP contribution in [0.2, 0.25) is 5.15 Å². The molecule has 0 atom stereocenters. The molecule has 2 N–H and O–H groups in total. The number of anilines is 1. The van der Waals surface area contributed by atoms with Crippen LogP contribution in [0.15, 0.2) is 24.7 Å².